The maximum absolute atomic E-state index is 2.91. The van der Waals surface area contributed by atoms with Crippen LogP contribution in [0, 0.1) is 0 Å². The number of fused-ring (bicyclic) bond motifs is 8. The number of hydrogen-bond acceptors (Lipinski definition) is 2. The van der Waals surface area contributed by atoms with Gasteiger partial charge in [0.15, 0.2) is 8.07 Å². The van der Waals surface area contributed by atoms with Crippen LogP contribution in [-0.4, -0.2) is 14.8 Å². The van der Waals surface area contributed by atoms with Gasteiger partial charge < -0.3 is 9.80 Å². The monoisotopic (exact) mass is 908 g/mol. The van der Waals surface area contributed by atoms with Crippen LogP contribution in [0.25, 0.3) is 43.8 Å². The van der Waals surface area contributed by atoms with Gasteiger partial charge in [0, 0.05) is 34.1 Å². The van der Waals surface area contributed by atoms with E-state index in [1.165, 1.54) is 121 Å². The number of anilines is 6. The van der Waals surface area contributed by atoms with Crippen molar-refractivity contribution in [3.05, 3.63) is 248 Å². The molecule has 3 aliphatic heterocycles. The summed E-state index contributed by atoms with van der Waals surface area (Å²) in [5, 5.41) is 10.6. The molecule has 11 aromatic carbocycles. The molecule has 0 N–H and O–H groups in total. The van der Waals surface area contributed by atoms with Crippen LogP contribution >= 0.6 is 0 Å². The molecule has 70 heavy (non-hydrogen) atoms. The third kappa shape index (κ3) is 5.74. The Labute approximate surface area is 411 Å². The Morgan fingerprint density at radius 1 is 0.371 bits per heavy atom. The number of rotatable bonds is 5. The van der Waals surface area contributed by atoms with Gasteiger partial charge in [-0.3, -0.25) is 0 Å². The Balaban J connectivity index is 1.15. The zero-order chi connectivity index (χ0) is 46.7. The third-order valence-electron chi connectivity index (χ3n) is 15.6. The van der Waals surface area contributed by atoms with Crippen LogP contribution in [0.1, 0.15) is 26.3 Å². The van der Waals surface area contributed by atoms with E-state index in [1.54, 1.807) is 0 Å². The van der Waals surface area contributed by atoms with Crippen molar-refractivity contribution >= 4 is 108 Å². The van der Waals surface area contributed by atoms with E-state index in [1.807, 2.05) is 0 Å². The van der Waals surface area contributed by atoms with Crippen molar-refractivity contribution in [2.24, 2.45) is 0 Å². The van der Waals surface area contributed by atoms with E-state index in [0.29, 0.717) is 0 Å². The normalized spacial score (nSPS) is 14.0. The summed E-state index contributed by atoms with van der Waals surface area (Å²) >= 11 is 0. The van der Waals surface area contributed by atoms with Gasteiger partial charge in [0.2, 0.25) is 0 Å². The second-order valence-electron chi connectivity index (χ2n) is 20.3. The van der Waals surface area contributed by atoms with E-state index in [4.69, 9.17) is 0 Å². The molecule has 0 bridgehead atoms. The molecule has 2 nitrogen and oxygen atoms in total. The molecule has 330 valence electrons. The van der Waals surface area contributed by atoms with Gasteiger partial charge in [-0.25, -0.2) is 0 Å². The predicted molar refractivity (Wildman–Crippen MR) is 302 cm³/mol. The zero-order valence-corrected chi connectivity index (χ0v) is 40.6. The topological polar surface area (TPSA) is 6.48 Å². The summed E-state index contributed by atoms with van der Waals surface area (Å²) in [7, 11) is -2.91. The second-order valence-corrected chi connectivity index (χ2v) is 24.1. The second kappa shape index (κ2) is 15.4. The smallest absolute Gasteiger partial charge is 0.252 e. The first-order valence-electron chi connectivity index (χ1n) is 24.7. The van der Waals surface area contributed by atoms with Gasteiger partial charge in [-0.1, -0.05) is 227 Å². The van der Waals surface area contributed by atoms with E-state index >= 15 is 0 Å². The molecule has 0 saturated heterocycles. The maximum atomic E-state index is 2.69. The minimum absolute atomic E-state index is 0.0130. The van der Waals surface area contributed by atoms with E-state index in [0.717, 1.165) is 0 Å². The molecule has 0 atom stereocenters. The van der Waals surface area contributed by atoms with E-state index < -0.39 is 8.07 Å². The third-order valence-corrected chi connectivity index (χ3v) is 20.5. The summed E-state index contributed by atoms with van der Waals surface area (Å²) in [4.78, 5) is 5.28. The molecule has 11 aromatic rings. The highest BCUT2D eigenvalue weighted by Crippen LogP contribution is 2.50. The molecule has 0 spiro atoms. The number of nitrogens with zero attached hydrogens (tertiary/aromatic N) is 2. The van der Waals surface area contributed by atoms with Crippen LogP contribution in [-0.2, 0) is 5.41 Å². The lowest BCUT2D eigenvalue weighted by atomic mass is 9.33. The van der Waals surface area contributed by atoms with Gasteiger partial charge in [-0.15, -0.1) is 0 Å². The Hall–Kier alpha value is -8.18. The van der Waals surface area contributed by atoms with Gasteiger partial charge in [0.25, 0.3) is 6.71 Å². The van der Waals surface area contributed by atoms with Crippen molar-refractivity contribution in [2.75, 3.05) is 9.80 Å². The lowest BCUT2D eigenvalue weighted by Gasteiger charge is -2.51. The van der Waals surface area contributed by atoms with Crippen molar-refractivity contribution in [1.82, 2.24) is 0 Å². The van der Waals surface area contributed by atoms with Gasteiger partial charge in [0.1, 0.15) is 0 Å². The van der Waals surface area contributed by atoms with Crippen molar-refractivity contribution in [2.45, 2.75) is 26.2 Å². The molecule has 0 amide bonds. The number of benzene rings is 11. The Kier molecular flexibility index (Phi) is 9.00. The largest absolute Gasteiger partial charge is 0.312 e. The van der Waals surface area contributed by atoms with Crippen molar-refractivity contribution in [3.63, 3.8) is 0 Å². The molecule has 3 heterocycles. The van der Waals surface area contributed by atoms with Crippen LogP contribution in [0.3, 0.4) is 0 Å². The maximum Gasteiger partial charge on any atom is 0.252 e. The molecule has 0 saturated carbocycles. The van der Waals surface area contributed by atoms with Crippen molar-refractivity contribution in [3.8, 4) is 22.3 Å². The minimum Gasteiger partial charge on any atom is -0.312 e. The zero-order valence-electron chi connectivity index (χ0n) is 39.6. The molecule has 4 heteroatoms. The van der Waals surface area contributed by atoms with E-state index in [-0.39, 0.29) is 12.1 Å². The van der Waals surface area contributed by atoms with Crippen LogP contribution in [0.4, 0.5) is 34.1 Å². The molecular weight excluding hydrogens is 860 g/mol. The molecule has 0 aromatic heterocycles. The number of hydrogen-bond donors (Lipinski definition) is 0. The standard InChI is InChI=1S/C66H49BN2Si/c1-66(2,3)46-25-21-26-47(43-46)68-56-37-18-17-35-54(56)67-55-36-22-40-61-65(55)69(57-38-19-20-39-60(57)70(61,48-27-9-5-10-28-48)49-29-11-6-12-30-49)59-42-45(41-58(68)64(59)67)63-52-33-15-13-31-50(52)62(44-23-7-4-8-24-44)51-32-14-16-34-53(51)63/h4-43H,1-3H3. The highest BCUT2D eigenvalue weighted by molar-refractivity contribution is 7.22. The fourth-order valence-electron chi connectivity index (χ4n) is 12.7. The molecule has 0 unspecified atom stereocenters. The van der Waals surface area contributed by atoms with Crippen LogP contribution < -0.4 is 46.9 Å². The van der Waals surface area contributed by atoms with Crippen LogP contribution in [0.2, 0.25) is 0 Å². The highest BCUT2D eigenvalue weighted by Gasteiger charge is 2.53. The summed E-state index contributed by atoms with van der Waals surface area (Å²) in [5.41, 5.74) is 17.7. The summed E-state index contributed by atoms with van der Waals surface area (Å²) in [5.74, 6) is 0. The molecule has 0 aliphatic carbocycles. The average Bonchev–Trinajstić information content (AvgIpc) is 3.41. The first-order valence-corrected chi connectivity index (χ1v) is 26.7. The van der Waals surface area contributed by atoms with Crippen LogP contribution in [0.5, 0.6) is 0 Å². The fraction of sp³-hybridized carbons (Fsp3) is 0.0606. The average molecular weight is 909 g/mol. The highest BCUT2D eigenvalue weighted by atomic mass is 28.3. The van der Waals surface area contributed by atoms with E-state index in [9.17, 15) is 0 Å². The van der Waals surface area contributed by atoms with Crippen molar-refractivity contribution in [1.29, 1.82) is 0 Å². The lowest BCUT2D eigenvalue weighted by Crippen LogP contribution is -2.79. The first-order chi connectivity index (χ1) is 34.4. The molecule has 14 rings (SSSR count). The van der Waals surface area contributed by atoms with Gasteiger partial charge >= 0.3 is 0 Å². The quantitative estimate of drug-likeness (QED) is 0.125. The SMILES string of the molecule is CC(C)(C)c1cccc(N2c3ccccc3B3c4cccc5c4N(c4ccccc4[Si]5(c4ccccc4)c4ccccc4)c4cc(-c5c6ccccc6c(-c6ccccc6)c6ccccc56)cc2c43)c1. The Bertz CT molecular complexity index is 3800. The fourth-order valence-corrected chi connectivity index (χ4v) is 17.9. The summed E-state index contributed by atoms with van der Waals surface area (Å²) in [6, 6.07) is 92.3. The summed E-state index contributed by atoms with van der Waals surface area (Å²) < 4.78 is 0. The minimum atomic E-state index is -2.91. The van der Waals surface area contributed by atoms with Gasteiger partial charge in [0.05, 0.1) is 0 Å². The Morgan fingerprint density at radius 2 is 0.857 bits per heavy atom. The van der Waals surface area contributed by atoms with Gasteiger partial charge in [-0.05, 0) is 128 Å². The summed E-state index contributed by atoms with van der Waals surface area (Å²) in [6.07, 6.45) is 0. The first kappa shape index (κ1) is 40.9. The molecular formula is C66H49BN2Si. The summed E-state index contributed by atoms with van der Waals surface area (Å²) in [6.45, 7) is 6.95. The molecule has 0 radical (unpaired) electrons. The Morgan fingerprint density at radius 3 is 1.49 bits per heavy atom. The van der Waals surface area contributed by atoms with Crippen LogP contribution in [0.15, 0.2) is 243 Å². The lowest BCUT2D eigenvalue weighted by molar-refractivity contribution is 0.590. The van der Waals surface area contributed by atoms with Crippen molar-refractivity contribution < 1.29 is 0 Å². The predicted octanol–water partition coefficient (Wildman–Crippen LogP) is 12.4. The number of para-hydroxylation sites is 3. The van der Waals surface area contributed by atoms with E-state index in [2.05, 4.69) is 273 Å². The van der Waals surface area contributed by atoms with Gasteiger partial charge in [-0.2, -0.15) is 0 Å². The molecule has 0 fully saturated rings. The molecule has 3 aliphatic rings.